The van der Waals surface area contributed by atoms with Gasteiger partial charge in [-0.25, -0.2) is 0 Å². The maximum atomic E-state index is 11.6. The van der Waals surface area contributed by atoms with Gasteiger partial charge in [0.2, 0.25) is 0 Å². The van der Waals surface area contributed by atoms with Crippen LogP contribution in [-0.2, 0) is 0 Å². The number of fused-ring (bicyclic) bond motifs is 1. The summed E-state index contributed by atoms with van der Waals surface area (Å²) in [5, 5.41) is 22.5. The monoisotopic (exact) mass is 430 g/mol. The van der Waals surface area contributed by atoms with E-state index in [1.807, 2.05) is 18.2 Å². The van der Waals surface area contributed by atoms with Crippen molar-refractivity contribution in [2.75, 3.05) is 13.2 Å². The Kier molecular flexibility index (Phi) is 9.37. The first-order chi connectivity index (χ1) is 14.5. The molecule has 0 bridgehead atoms. The summed E-state index contributed by atoms with van der Waals surface area (Å²) in [6.07, 6.45) is 2.52. The second kappa shape index (κ2) is 11.7. The predicted octanol–water partition coefficient (Wildman–Crippen LogP) is 0.744. The second-order valence-electron chi connectivity index (χ2n) is 6.98. The molecule has 0 aliphatic heterocycles. The number of Topliss-reactive ketones (excluding diaryl/α,β-unsaturated/α-hetero) is 1. The minimum Gasteiger partial charge on any atom is -0.545 e. The minimum absolute atomic E-state index is 0. The van der Waals surface area contributed by atoms with Crippen molar-refractivity contribution >= 4 is 22.5 Å². The number of ether oxygens (including phenoxy) is 2. The zero-order valence-corrected chi connectivity index (χ0v) is 19.7. The molecule has 3 aromatic rings. The first-order valence-corrected chi connectivity index (χ1v) is 9.79. The number of benzene rings is 3. The Balaban J connectivity index is 0.00000341. The van der Waals surface area contributed by atoms with Gasteiger partial charge in [-0.2, -0.15) is 0 Å². The second-order valence-corrected chi connectivity index (χ2v) is 6.98. The number of hydrogen-bond donors (Lipinski definition) is 1. The Morgan fingerprint density at radius 2 is 1.58 bits per heavy atom. The normalized spacial score (nSPS) is 10.4. The molecule has 0 aliphatic carbocycles. The van der Waals surface area contributed by atoms with E-state index >= 15 is 0 Å². The van der Waals surface area contributed by atoms with Crippen LogP contribution in [0.5, 0.6) is 17.2 Å². The molecule has 0 saturated heterocycles. The molecule has 1 N–H and O–H groups in total. The van der Waals surface area contributed by atoms with Gasteiger partial charge in [0.05, 0.1) is 19.2 Å². The molecule has 0 saturated carbocycles. The topological polar surface area (TPSA) is 95.9 Å². The first kappa shape index (κ1) is 24.7. The summed E-state index contributed by atoms with van der Waals surface area (Å²) in [7, 11) is 0. The molecule has 3 rings (SSSR count). The molecule has 0 aromatic heterocycles. The number of ketones is 1. The molecule has 0 radical (unpaired) electrons. The number of carbonyl (C=O) groups is 2. The van der Waals surface area contributed by atoms with Gasteiger partial charge in [-0.05, 0) is 72.9 Å². The fraction of sp³-hybridized carbons (Fsp3) is 0.250. The molecule has 7 heteroatoms. The van der Waals surface area contributed by atoms with Gasteiger partial charge in [0.15, 0.2) is 5.78 Å². The van der Waals surface area contributed by atoms with E-state index in [-0.39, 0.29) is 52.2 Å². The number of aromatic carboxylic acids is 1. The zero-order chi connectivity index (χ0) is 21.5. The van der Waals surface area contributed by atoms with E-state index in [0.29, 0.717) is 19.0 Å². The first-order valence-electron chi connectivity index (χ1n) is 9.79. The van der Waals surface area contributed by atoms with Crippen molar-refractivity contribution in [1.82, 2.24) is 0 Å². The summed E-state index contributed by atoms with van der Waals surface area (Å²) in [6, 6.07) is 15.1. The summed E-state index contributed by atoms with van der Waals surface area (Å²) in [5.74, 6) is -0.368. The van der Waals surface area contributed by atoms with E-state index in [1.165, 1.54) is 19.1 Å². The zero-order valence-electron chi connectivity index (χ0n) is 17.7. The molecule has 6 nitrogen and oxygen atoms in total. The van der Waals surface area contributed by atoms with E-state index < -0.39 is 5.97 Å². The largest absolute Gasteiger partial charge is 1.00 e. The predicted molar refractivity (Wildman–Crippen MR) is 111 cm³/mol. The molecule has 0 amide bonds. The van der Waals surface area contributed by atoms with Crippen molar-refractivity contribution in [3.8, 4) is 17.2 Å². The Morgan fingerprint density at radius 1 is 0.903 bits per heavy atom. The summed E-state index contributed by atoms with van der Waals surface area (Å²) < 4.78 is 11.4. The third kappa shape index (κ3) is 6.72. The number of unbranched alkanes of at least 4 members (excludes halogenated alkanes) is 2. The van der Waals surface area contributed by atoms with Crippen molar-refractivity contribution in [2.45, 2.75) is 26.2 Å². The van der Waals surface area contributed by atoms with Gasteiger partial charge in [0, 0.05) is 0 Å². The fourth-order valence-electron chi connectivity index (χ4n) is 3.19. The van der Waals surface area contributed by atoms with Crippen LogP contribution in [0.25, 0.3) is 10.8 Å². The molecule has 3 aromatic carbocycles. The number of phenols is 1. The molecule has 0 atom stereocenters. The number of hydrogen-bond acceptors (Lipinski definition) is 6. The fourth-order valence-corrected chi connectivity index (χ4v) is 3.19. The number of phenolic OH excluding ortho intramolecular Hbond substituents is 1. The number of rotatable bonds is 10. The number of aromatic hydroxyl groups is 1. The Hall–Kier alpha value is -2.54. The van der Waals surface area contributed by atoms with Crippen LogP contribution in [-0.4, -0.2) is 30.1 Å². The molecule has 0 spiro atoms. The average molecular weight is 430 g/mol. The number of carboxylic acid groups (broad SMARTS) is 1. The van der Waals surface area contributed by atoms with Crippen LogP contribution in [0, 0.1) is 0 Å². The van der Waals surface area contributed by atoms with Crippen LogP contribution in [0.15, 0.2) is 54.6 Å². The molecular weight excluding hydrogens is 407 g/mol. The van der Waals surface area contributed by atoms with E-state index in [1.54, 1.807) is 24.3 Å². The van der Waals surface area contributed by atoms with E-state index in [9.17, 15) is 19.8 Å². The molecule has 0 unspecified atom stereocenters. The number of carboxylic acids is 1. The molecule has 156 valence electrons. The maximum Gasteiger partial charge on any atom is 1.00 e. The van der Waals surface area contributed by atoms with Gasteiger partial charge in [-0.3, -0.25) is 4.79 Å². The smallest absolute Gasteiger partial charge is 0.545 e. The SMILES string of the molecule is CC(=O)c1c(O)cccc1OCCCCCOc1ccc2cc(C(=O)[O-])ccc2c1.[Na+]. The molecule has 0 fully saturated rings. The van der Waals surface area contributed by atoms with Crippen molar-refractivity contribution in [2.24, 2.45) is 0 Å². The van der Waals surface area contributed by atoms with Crippen molar-refractivity contribution in [3.05, 3.63) is 65.7 Å². The molecular formula is C24H23NaO6. The Labute approximate surface area is 203 Å². The average Bonchev–Trinajstić information content (AvgIpc) is 2.72. The van der Waals surface area contributed by atoms with Crippen molar-refractivity contribution < 1.29 is 58.8 Å². The third-order valence-corrected chi connectivity index (χ3v) is 4.72. The standard InChI is InChI=1S/C24H24O6.Na/c1-16(25)23-21(26)6-5-7-22(23)30-13-4-2-3-12-29-20-11-10-17-14-19(24(27)28)9-8-18(17)15-20;/h5-11,14-15,26H,2-4,12-13H2,1H3,(H,27,28);/q;+1/p-1. The van der Waals surface area contributed by atoms with Gasteiger partial charge in [-0.15, -0.1) is 0 Å². The van der Waals surface area contributed by atoms with E-state index in [2.05, 4.69) is 0 Å². The quantitative estimate of drug-likeness (QED) is 0.290. The van der Waals surface area contributed by atoms with Crippen LogP contribution < -0.4 is 44.1 Å². The van der Waals surface area contributed by atoms with Crippen LogP contribution in [0.1, 0.15) is 46.9 Å². The Morgan fingerprint density at radius 3 is 2.29 bits per heavy atom. The van der Waals surface area contributed by atoms with Crippen LogP contribution in [0.2, 0.25) is 0 Å². The van der Waals surface area contributed by atoms with Crippen LogP contribution in [0.3, 0.4) is 0 Å². The van der Waals surface area contributed by atoms with Gasteiger partial charge >= 0.3 is 29.6 Å². The third-order valence-electron chi connectivity index (χ3n) is 4.72. The van der Waals surface area contributed by atoms with Gasteiger partial charge in [0.25, 0.3) is 0 Å². The van der Waals surface area contributed by atoms with Gasteiger partial charge in [-0.1, -0.05) is 24.3 Å². The summed E-state index contributed by atoms with van der Waals surface area (Å²) >= 11 is 0. The van der Waals surface area contributed by atoms with Gasteiger partial charge < -0.3 is 24.5 Å². The molecule has 31 heavy (non-hydrogen) atoms. The van der Waals surface area contributed by atoms with Crippen molar-refractivity contribution in [3.63, 3.8) is 0 Å². The summed E-state index contributed by atoms with van der Waals surface area (Å²) in [4.78, 5) is 22.6. The number of carbonyl (C=O) groups excluding carboxylic acids is 2. The van der Waals surface area contributed by atoms with E-state index in [4.69, 9.17) is 9.47 Å². The van der Waals surface area contributed by atoms with Crippen molar-refractivity contribution in [1.29, 1.82) is 0 Å². The summed E-state index contributed by atoms with van der Waals surface area (Å²) in [6.45, 7) is 2.39. The Bertz CT molecular complexity index is 1060. The molecule has 0 heterocycles. The summed E-state index contributed by atoms with van der Waals surface area (Å²) in [5.41, 5.74) is 0.364. The van der Waals surface area contributed by atoms with Crippen LogP contribution >= 0.6 is 0 Å². The maximum absolute atomic E-state index is 11.6. The van der Waals surface area contributed by atoms with Crippen LogP contribution in [0.4, 0.5) is 0 Å². The minimum atomic E-state index is -1.19. The van der Waals surface area contributed by atoms with E-state index in [0.717, 1.165) is 35.8 Å². The molecule has 0 aliphatic rings. The van der Waals surface area contributed by atoms with Gasteiger partial charge in [0.1, 0.15) is 22.8 Å².